The van der Waals surface area contributed by atoms with Gasteiger partial charge in [0.15, 0.2) is 0 Å². The molecule has 0 aliphatic rings. The summed E-state index contributed by atoms with van der Waals surface area (Å²) in [6.07, 6.45) is 0.793. The Bertz CT molecular complexity index is 228. The summed E-state index contributed by atoms with van der Waals surface area (Å²) >= 11 is 5.81. The molecule has 0 atom stereocenters. The van der Waals surface area contributed by atoms with Gasteiger partial charge >= 0.3 is 0 Å². The Labute approximate surface area is 71.4 Å². The molecule has 2 N–H and O–H groups in total. The van der Waals surface area contributed by atoms with Gasteiger partial charge in [0.25, 0.3) is 0 Å². The van der Waals surface area contributed by atoms with Crippen molar-refractivity contribution in [2.75, 3.05) is 6.54 Å². The molecular weight excluding hydrogens is 160 g/mol. The Morgan fingerprint density at radius 3 is 2.82 bits per heavy atom. The average molecular weight is 171 g/mol. The van der Waals surface area contributed by atoms with Crippen LogP contribution in [-0.2, 0) is 6.42 Å². The number of rotatable bonds is 2. The van der Waals surface area contributed by atoms with Gasteiger partial charge in [0.1, 0.15) is 0 Å². The zero-order chi connectivity index (χ0) is 8.27. The summed E-state index contributed by atoms with van der Waals surface area (Å²) in [6.45, 7) is 2.54. The first-order valence-corrected chi connectivity index (χ1v) is 3.93. The van der Waals surface area contributed by atoms with Crippen molar-refractivity contribution in [2.45, 2.75) is 13.3 Å². The van der Waals surface area contributed by atoms with Crippen LogP contribution in [0.3, 0.4) is 0 Å². The molecule has 1 rings (SSSR count). The third-order valence-electron chi connectivity index (χ3n) is 1.37. The first-order chi connectivity index (χ1) is 5.22. The molecule has 3 heteroatoms. The third-order valence-corrected chi connectivity index (χ3v) is 1.59. The lowest BCUT2D eigenvalue weighted by molar-refractivity contribution is 0.912. The summed E-state index contributed by atoms with van der Waals surface area (Å²) in [6, 6.07) is 3.68. The number of nitrogens with zero attached hydrogens (tertiary/aromatic N) is 1. The van der Waals surface area contributed by atoms with Crippen LogP contribution in [0.15, 0.2) is 12.1 Å². The molecule has 0 saturated heterocycles. The van der Waals surface area contributed by atoms with Crippen LogP contribution in [0, 0.1) is 6.92 Å². The van der Waals surface area contributed by atoms with Crippen LogP contribution in [0.1, 0.15) is 11.4 Å². The molecule has 0 aliphatic carbocycles. The van der Waals surface area contributed by atoms with Crippen LogP contribution < -0.4 is 5.73 Å². The first kappa shape index (κ1) is 8.50. The number of pyridine rings is 1. The summed E-state index contributed by atoms with van der Waals surface area (Å²) < 4.78 is 0. The Balaban J connectivity index is 2.89. The second-order valence-electron chi connectivity index (χ2n) is 2.46. The lowest BCUT2D eigenvalue weighted by atomic mass is 10.2. The topological polar surface area (TPSA) is 38.9 Å². The normalized spacial score (nSPS) is 10.1. The zero-order valence-corrected chi connectivity index (χ0v) is 7.23. The highest BCUT2D eigenvalue weighted by molar-refractivity contribution is 6.30. The standard InChI is InChI=1S/C8H11ClN2/c1-6-4-7(9)5-8(11-6)2-3-10/h4-5H,2-3,10H2,1H3. The fraction of sp³-hybridized carbons (Fsp3) is 0.375. The van der Waals surface area contributed by atoms with Crippen LogP contribution in [-0.4, -0.2) is 11.5 Å². The fourth-order valence-corrected chi connectivity index (χ4v) is 1.25. The van der Waals surface area contributed by atoms with Crippen LogP contribution in [0.4, 0.5) is 0 Å². The highest BCUT2D eigenvalue weighted by Gasteiger charge is 1.96. The van der Waals surface area contributed by atoms with Gasteiger partial charge < -0.3 is 5.73 Å². The molecule has 0 aliphatic heterocycles. The maximum atomic E-state index is 5.81. The minimum Gasteiger partial charge on any atom is -0.330 e. The summed E-state index contributed by atoms with van der Waals surface area (Å²) in [4.78, 5) is 4.26. The lowest BCUT2D eigenvalue weighted by Crippen LogP contribution is -2.04. The maximum Gasteiger partial charge on any atom is 0.0442 e. The van der Waals surface area contributed by atoms with Crippen molar-refractivity contribution in [1.29, 1.82) is 0 Å². The summed E-state index contributed by atoms with van der Waals surface area (Å²) in [7, 11) is 0. The van der Waals surface area contributed by atoms with E-state index in [0.29, 0.717) is 6.54 Å². The van der Waals surface area contributed by atoms with E-state index in [1.54, 1.807) is 0 Å². The fourth-order valence-electron chi connectivity index (χ4n) is 0.967. The van der Waals surface area contributed by atoms with E-state index in [2.05, 4.69) is 4.98 Å². The summed E-state index contributed by atoms with van der Waals surface area (Å²) in [5.41, 5.74) is 7.29. The van der Waals surface area contributed by atoms with E-state index in [9.17, 15) is 0 Å². The summed E-state index contributed by atoms with van der Waals surface area (Å²) in [5.74, 6) is 0. The molecule has 1 aromatic heterocycles. The van der Waals surface area contributed by atoms with Gasteiger partial charge in [-0.2, -0.15) is 0 Å². The predicted octanol–water partition coefficient (Wildman–Crippen LogP) is 1.54. The van der Waals surface area contributed by atoms with Crippen LogP contribution in [0.2, 0.25) is 5.02 Å². The highest BCUT2D eigenvalue weighted by atomic mass is 35.5. The summed E-state index contributed by atoms with van der Waals surface area (Å²) in [5, 5.41) is 0.737. The molecule has 0 unspecified atom stereocenters. The molecule has 0 aromatic carbocycles. The van der Waals surface area contributed by atoms with Crippen molar-refractivity contribution in [3.8, 4) is 0 Å². The van der Waals surface area contributed by atoms with Crippen molar-refractivity contribution in [1.82, 2.24) is 4.98 Å². The Hall–Kier alpha value is -0.600. The SMILES string of the molecule is Cc1cc(Cl)cc(CCN)n1. The van der Waals surface area contributed by atoms with E-state index >= 15 is 0 Å². The number of halogens is 1. The maximum absolute atomic E-state index is 5.81. The number of hydrogen-bond donors (Lipinski definition) is 1. The molecule has 0 amide bonds. The predicted molar refractivity (Wildman–Crippen MR) is 46.7 cm³/mol. The van der Waals surface area contributed by atoms with Gasteiger partial charge in [0.05, 0.1) is 0 Å². The number of nitrogens with two attached hydrogens (primary N) is 1. The van der Waals surface area contributed by atoms with Gasteiger partial charge in [-0.1, -0.05) is 11.6 Å². The molecule has 0 saturated carbocycles. The molecule has 0 bridgehead atoms. The van der Waals surface area contributed by atoms with E-state index in [1.165, 1.54) is 0 Å². The van der Waals surface area contributed by atoms with E-state index in [-0.39, 0.29) is 0 Å². The quantitative estimate of drug-likeness (QED) is 0.732. The van der Waals surface area contributed by atoms with E-state index < -0.39 is 0 Å². The molecule has 11 heavy (non-hydrogen) atoms. The van der Waals surface area contributed by atoms with Crippen molar-refractivity contribution < 1.29 is 0 Å². The van der Waals surface area contributed by atoms with Crippen molar-refractivity contribution in [3.63, 3.8) is 0 Å². The van der Waals surface area contributed by atoms with Crippen molar-refractivity contribution in [2.24, 2.45) is 5.73 Å². The monoisotopic (exact) mass is 170 g/mol. The van der Waals surface area contributed by atoms with Gasteiger partial charge in [-0.3, -0.25) is 4.98 Å². The second kappa shape index (κ2) is 3.69. The average Bonchev–Trinajstić information content (AvgIpc) is 1.85. The molecule has 0 fully saturated rings. The minimum absolute atomic E-state index is 0.618. The zero-order valence-electron chi connectivity index (χ0n) is 6.47. The van der Waals surface area contributed by atoms with Crippen LogP contribution in [0.25, 0.3) is 0 Å². The van der Waals surface area contributed by atoms with Gasteiger partial charge in [-0.25, -0.2) is 0 Å². The number of aromatic nitrogens is 1. The Morgan fingerprint density at radius 1 is 1.55 bits per heavy atom. The van der Waals surface area contributed by atoms with Gasteiger partial charge in [0, 0.05) is 22.8 Å². The van der Waals surface area contributed by atoms with Gasteiger partial charge in [0.2, 0.25) is 0 Å². The molecule has 1 heterocycles. The Kier molecular flexibility index (Phi) is 2.85. The van der Waals surface area contributed by atoms with Crippen molar-refractivity contribution in [3.05, 3.63) is 28.5 Å². The first-order valence-electron chi connectivity index (χ1n) is 3.55. The van der Waals surface area contributed by atoms with Crippen LogP contribution in [0.5, 0.6) is 0 Å². The highest BCUT2D eigenvalue weighted by Crippen LogP contribution is 2.11. The van der Waals surface area contributed by atoms with E-state index in [1.807, 2.05) is 19.1 Å². The molecule has 1 aromatic rings. The van der Waals surface area contributed by atoms with Gasteiger partial charge in [-0.05, 0) is 25.6 Å². The Morgan fingerprint density at radius 2 is 2.27 bits per heavy atom. The van der Waals surface area contributed by atoms with Gasteiger partial charge in [-0.15, -0.1) is 0 Å². The molecule has 0 radical (unpaired) electrons. The molecule has 2 nitrogen and oxygen atoms in total. The van der Waals surface area contributed by atoms with Crippen molar-refractivity contribution >= 4 is 11.6 Å². The largest absolute Gasteiger partial charge is 0.330 e. The smallest absolute Gasteiger partial charge is 0.0442 e. The molecule has 60 valence electrons. The van der Waals surface area contributed by atoms with E-state index in [0.717, 1.165) is 22.8 Å². The second-order valence-corrected chi connectivity index (χ2v) is 2.89. The molecule has 0 spiro atoms. The lowest BCUT2D eigenvalue weighted by Gasteiger charge is -1.99. The third kappa shape index (κ3) is 2.48. The minimum atomic E-state index is 0.618. The molecular formula is C8H11ClN2. The number of aryl methyl sites for hydroxylation is 1. The van der Waals surface area contributed by atoms with E-state index in [4.69, 9.17) is 17.3 Å². The van der Waals surface area contributed by atoms with Crippen LogP contribution >= 0.6 is 11.6 Å². The number of hydrogen-bond acceptors (Lipinski definition) is 2.